The van der Waals surface area contributed by atoms with Gasteiger partial charge in [-0.15, -0.1) is 0 Å². The van der Waals surface area contributed by atoms with Gasteiger partial charge in [0.1, 0.15) is 22.9 Å². The van der Waals surface area contributed by atoms with Crippen molar-refractivity contribution in [3.8, 4) is 0 Å². The summed E-state index contributed by atoms with van der Waals surface area (Å²) in [6, 6.07) is 6.92. The minimum atomic E-state index is -1.02. The molecule has 1 aliphatic carbocycles. The molecule has 1 aromatic carbocycles. The zero-order chi connectivity index (χ0) is 19.6. The fourth-order valence-corrected chi connectivity index (χ4v) is 3.69. The summed E-state index contributed by atoms with van der Waals surface area (Å²) in [5.74, 6) is 0.535. The number of hydrogen-bond acceptors (Lipinski definition) is 6. The van der Waals surface area contributed by atoms with Crippen molar-refractivity contribution in [2.45, 2.75) is 31.6 Å². The highest BCUT2D eigenvalue weighted by Crippen LogP contribution is 2.31. The topological polar surface area (TPSA) is 98.5 Å². The van der Waals surface area contributed by atoms with E-state index in [2.05, 4.69) is 15.3 Å². The highest BCUT2D eigenvalue weighted by molar-refractivity contribution is 6.32. The maximum absolute atomic E-state index is 10.3. The SMILES string of the molecule is Cc1nc(Cl)c(/C=C/c2ccccc2Cl)c(N[C@@H]2C[C@H](CO)[C@@H](O)[C@H]2O)n1. The fourth-order valence-electron chi connectivity index (χ4n) is 3.21. The van der Waals surface area contributed by atoms with Gasteiger partial charge in [-0.3, -0.25) is 0 Å². The molecule has 3 rings (SSSR count). The maximum atomic E-state index is 10.3. The highest BCUT2D eigenvalue weighted by Gasteiger charge is 2.41. The lowest BCUT2D eigenvalue weighted by molar-refractivity contribution is 0.00445. The van der Waals surface area contributed by atoms with E-state index in [1.165, 1.54) is 0 Å². The number of aryl methyl sites for hydroxylation is 1. The van der Waals surface area contributed by atoms with Crippen LogP contribution in [0.25, 0.3) is 12.2 Å². The van der Waals surface area contributed by atoms with Gasteiger partial charge in [0, 0.05) is 17.5 Å². The van der Waals surface area contributed by atoms with E-state index < -0.39 is 24.2 Å². The van der Waals surface area contributed by atoms with Crippen LogP contribution in [0.4, 0.5) is 5.82 Å². The van der Waals surface area contributed by atoms with Gasteiger partial charge in [0.05, 0.1) is 17.7 Å². The normalized spacial score (nSPS) is 25.3. The van der Waals surface area contributed by atoms with E-state index in [0.717, 1.165) is 5.56 Å². The Morgan fingerprint density at radius 1 is 1.15 bits per heavy atom. The van der Waals surface area contributed by atoms with Crippen LogP contribution in [-0.2, 0) is 0 Å². The molecule has 1 aliphatic rings. The fraction of sp³-hybridized carbons (Fsp3) is 0.368. The van der Waals surface area contributed by atoms with Crippen molar-refractivity contribution in [2.24, 2.45) is 5.92 Å². The molecular weight excluding hydrogens is 389 g/mol. The van der Waals surface area contributed by atoms with Crippen LogP contribution in [0.1, 0.15) is 23.4 Å². The molecule has 6 nitrogen and oxygen atoms in total. The van der Waals surface area contributed by atoms with Crippen LogP contribution in [-0.4, -0.2) is 50.1 Å². The number of benzene rings is 1. The Labute approximate surface area is 167 Å². The van der Waals surface area contributed by atoms with E-state index in [-0.39, 0.29) is 11.8 Å². The number of aromatic nitrogens is 2. The van der Waals surface area contributed by atoms with E-state index in [1.54, 1.807) is 19.1 Å². The first-order valence-electron chi connectivity index (χ1n) is 8.61. The molecule has 8 heteroatoms. The number of aliphatic hydroxyl groups is 3. The standard InChI is InChI=1S/C19H21Cl2N3O3/c1-10-22-18(21)13(7-6-11-4-2-3-5-14(11)20)19(23-10)24-15-8-12(9-25)16(26)17(15)27/h2-7,12,15-17,25-27H,8-9H2,1H3,(H,22,23,24)/b7-6+/t12-,15-,16-,17+/m1/s1. The minimum Gasteiger partial charge on any atom is -0.396 e. The summed E-state index contributed by atoms with van der Waals surface area (Å²) in [6.45, 7) is 1.52. The molecule has 27 heavy (non-hydrogen) atoms. The Balaban J connectivity index is 1.91. The van der Waals surface area contributed by atoms with Crippen molar-refractivity contribution in [3.05, 3.63) is 51.4 Å². The molecule has 0 bridgehead atoms. The van der Waals surface area contributed by atoms with E-state index >= 15 is 0 Å². The first-order valence-corrected chi connectivity index (χ1v) is 9.36. The molecule has 144 valence electrons. The molecule has 0 saturated heterocycles. The van der Waals surface area contributed by atoms with Crippen LogP contribution in [0.2, 0.25) is 10.2 Å². The van der Waals surface area contributed by atoms with Gasteiger partial charge in [0.15, 0.2) is 0 Å². The molecule has 2 aromatic rings. The van der Waals surface area contributed by atoms with Crippen LogP contribution in [0, 0.1) is 12.8 Å². The summed E-state index contributed by atoms with van der Waals surface area (Å²) < 4.78 is 0. The zero-order valence-electron chi connectivity index (χ0n) is 14.7. The number of nitrogens with one attached hydrogen (secondary N) is 1. The molecule has 1 fully saturated rings. The number of aliphatic hydroxyl groups excluding tert-OH is 3. The van der Waals surface area contributed by atoms with Gasteiger partial charge in [-0.25, -0.2) is 9.97 Å². The summed E-state index contributed by atoms with van der Waals surface area (Å²) in [7, 11) is 0. The predicted octanol–water partition coefficient (Wildman–Crippen LogP) is 2.78. The molecule has 0 spiro atoms. The van der Waals surface area contributed by atoms with Crippen molar-refractivity contribution in [1.82, 2.24) is 9.97 Å². The van der Waals surface area contributed by atoms with E-state index in [1.807, 2.05) is 24.3 Å². The van der Waals surface area contributed by atoms with Gasteiger partial charge in [-0.05, 0) is 31.1 Å². The Kier molecular flexibility index (Phi) is 6.34. The third-order valence-electron chi connectivity index (χ3n) is 4.70. The predicted molar refractivity (Wildman–Crippen MR) is 107 cm³/mol. The van der Waals surface area contributed by atoms with Crippen molar-refractivity contribution in [1.29, 1.82) is 0 Å². The van der Waals surface area contributed by atoms with Crippen LogP contribution in [0.5, 0.6) is 0 Å². The summed E-state index contributed by atoms with van der Waals surface area (Å²) >= 11 is 12.5. The van der Waals surface area contributed by atoms with Crippen LogP contribution in [0.15, 0.2) is 24.3 Å². The van der Waals surface area contributed by atoms with Crippen LogP contribution >= 0.6 is 23.2 Å². The Hall–Kier alpha value is -1.70. The van der Waals surface area contributed by atoms with Crippen molar-refractivity contribution in [2.75, 3.05) is 11.9 Å². The molecule has 0 radical (unpaired) electrons. The summed E-state index contributed by atoms with van der Waals surface area (Å²) in [5.41, 5.74) is 1.37. The van der Waals surface area contributed by atoms with Gasteiger partial charge in [0.25, 0.3) is 0 Å². The van der Waals surface area contributed by atoms with Crippen LogP contribution < -0.4 is 5.32 Å². The molecule has 1 heterocycles. The number of hydrogen-bond donors (Lipinski definition) is 4. The van der Waals surface area contributed by atoms with E-state index in [0.29, 0.717) is 28.6 Å². The molecule has 0 aliphatic heterocycles. The summed E-state index contributed by atoms with van der Waals surface area (Å²) in [6.07, 6.45) is 1.97. The van der Waals surface area contributed by atoms with Gasteiger partial charge >= 0.3 is 0 Å². The Morgan fingerprint density at radius 2 is 1.89 bits per heavy atom. The van der Waals surface area contributed by atoms with E-state index in [9.17, 15) is 15.3 Å². The van der Waals surface area contributed by atoms with Gasteiger partial charge < -0.3 is 20.6 Å². The largest absolute Gasteiger partial charge is 0.396 e. The van der Waals surface area contributed by atoms with Gasteiger partial charge in [0.2, 0.25) is 0 Å². The zero-order valence-corrected chi connectivity index (χ0v) is 16.2. The summed E-state index contributed by atoms with van der Waals surface area (Å²) in [4.78, 5) is 8.58. The second-order valence-electron chi connectivity index (χ2n) is 6.59. The molecule has 0 amide bonds. The average molecular weight is 410 g/mol. The van der Waals surface area contributed by atoms with Crippen molar-refractivity contribution in [3.63, 3.8) is 0 Å². The van der Waals surface area contributed by atoms with Crippen molar-refractivity contribution >= 4 is 41.2 Å². The third kappa shape index (κ3) is 4.42. The number of halogens is 2. The molecule has 1 saturated carbocycles. The first-order chi connectivity index (χ1) is 12.9. The van der Waals surface area contributed by atoms with E-state index in [4.69, 9.17) is 23.2 Å². The van der Waals surface area contributed by atoms with Crippen molar-refractivity contribution < 1.29 is 15.3 Å². The third-order valence-corrected chi connectivity index (χ3v) is 5.34. The Bertz CT molecular complexity index is 847. The lowest BCUT2D eigenvalue weighted by Gasteiger charge is -2.20. The molecule has 1 aromatic heterocycles. The Morgan fingerprint density at radius 3 is 2.56 bits per heavy atom. The average Bonchev–Trinajstić information content (AvgIpc) is 2.90. The molecule has 4 atom stereocenters. The molecule has 0 unspecified atom stereocenters. The van der Waals surface area contributed by atoms with Gasteiger partial charge in [-0.1, -0.05) is 47.5 Å². The molecular formula is C19H21Cl2N3O3. The quantitative estimate of drug-likeness (QED) is 0.566. The smallest absolute Gasteiger partial charge is 0.142 e. The second-order valence-corrected chi connectivity index (χ2v) is 7.35. The first kappa shape index (κ1) is 20.0. The van der Waals surface area contributed by atoms with Crippen LogP contribution in [0.3, 0.4) is 0 Å². The highest BCUT2D eigenvalue weighted by atomic mass is 35.5. The monoisotopic (exact) mass is 409 g/mol. The number of anilines is 1. The molecule has 4 N–H and O–H groups in total. The number of rotatable bonds is 5. The summed E-state index contributed by atoms with van der Waals surface area (Å²) in [5, 5.41) is 33.6. The second kappa shape index (κ2) is 8.54. The number of nitrogens with zero attached hydrogens (tertiary/aromatic N) is 2. The lowest BCUT2D eigenvalue weighted by atomic mass is 10.1. The van der Waals surface area contributed by atoms with Gasteiger partial charge in [-0.2, -0.15) is 0 Å². The minimum absolute atomic E-state index is 0.195. The maximum Gasteiger partial charge on any atom is 0.142 e. The lowest BCUT2D eigenvalue weighted by Crippen LogP contribution is -2.35.